The number of halogens is 3. The molecule has 0 aliphatic heterocycles. The van der Waals surface area contributed by atoms with Crippen molar-refractivity contribution >= 4 is 16.9 Å². The van der Waals surface area contributed by atoms with E-state index in [2.05, 4.69) is 91.0 Å². The SMILES string of the molecule is O=C([O-])C1(C(F)(F)F)CC2CCC1C2.c1ccc([S+](c2ccccc2)c2ccccc2)cc1. The van der Waals surface area contributed by atoms with Crippen LogP contribution >= 0.6 is 0 Å². The number of hydrogen-bond donors (Lipinski definition) is 0. The molecule has 6 heteroatoms. The molecule has 3 aromatic rings. The molecule has 0 saturated heterocycles. The van der Waals surface area contributed by atoms with Gasteiger partial charge in [-0.15, -0.1) is 0 Å². The lowest BCUT2D eigenvalue weighted by Gasteiger charge is -2.39. The third kappa shape index (κ3) is 4.67. The third-order valence-corrected chi connectivity index (χ3v) is 8.89. The molecular weight excluding hydrogens is 445 g/mol. The smallest absolute Gasteiger partial charge is 0.399 e. The summed E-state index contributed by atoms with van der Waals surface area (Å²) >= 11 is 0. The number of aliphatic carboxylic acids is 1. The van der Waals surface area contributed by atoms with E-state index in [-0.39, 0.29) is 23.2 Å². The summed E-state index contributed by atoms with van der Waals surface area (Å²) in [6.07, 6.45) is -3.43. The number of rotatable bonds is 4. The molecule has 3 atom stereocenters. The Kier molecular flexibility index (Phi) is 6.84. The van der Waals surface area contributed by atoms with Gasteiger partial charge in [-0.05, 0) is 67.5 Å². The lowest BCUT2D eigenvalue weighted by Crippen LogP contribution is -2.55. The second-order valence-corrected chi connectivity index (χ2v) is 10.6. The molecule has 0 N–H and O–H groups in total. The zero-order valence-electron chi connectivity index (χ0n) is 18.0. The molecule has 2 aliphatic carbocycles. The van der Waals surface area contributed by atoms with Gasteiger partial charge >= 0.3 is 6.18 Å². The maximum absolute atomic E-state index is 12.7. The molecule has 3 aromatic carbocycles. The molecule has 172 valence electrons. The Bertz CT molecular complexity index is 963. The summed E-state index contributed by atoms with van der Waals surface area (Å²) in [4.78, 5) is 14.8. The van der Waals surface area contributed by atoms with Crippen LogP contribution in [0.1, 0.15) is 25.7 Å². The van der Waals surface area contributed by atoms with Crippen LogP contribution in [0.2, 0.25) is 0 Å². The van der Waals surface area contributed by atoms with Crippen LogP contribution < -0.4 is 5.11 Å². The van der Waals surface area contributed by atoms with Crippen molar-refractivity contribution in [2.24, 2.45) is 17.3 Å². The minimum absolute atomic E-state index is 0.0146. The Hall–Kier alpha value is -2.73. The first-order valence-electron chi connectivity index (χ1n) is 11.0. The second-order valence-electron chi connectivity index (χ2n) is 8.58. The number of carboxylic acid groups (broad SMARTS) is 1. The van der Waals surface area contributed by atoms with Crippen LogP contribution in [-0.2, 0) is 15.7 Å². The van der Waals surface area contributed by atoms with Gasteiger partial charge in [0, 0.05) is 0 Å². The van der Waals surface area contributed by atoms with Crippen molar-refractivity contribution in [2.75, 3.05) is 0 Å². The summed E-state index contributed by atoms with van der Waals surface area (Å²) in [5.41, 5.74) is -2.55. The quantitative estimate of drug-likeness (QED) is 0.446. The predicted molar refractivity (Wildman–Crippen MR) is 120 cm³/mol. The van der Waals surface area contributed by atoms with Gasteiger partial charge in [-0.1, -0.05) is 61.0 Å². The molecule has 0 amide bonds. The Morgan fingerprint density at radius 2 is 1.21 bits per heavy atom. The molecule has 33 heavy (non-hydrogen) atoms. The molecule has 0 spiro atoms. The highest BCUT2D eigenvalue weighted by atomic mass is 32.2. The van der Waals surface area contributed by atoms with Gasteiger partial charge in [0.05, 0.1) is 16.9 Å². The summed E-state index contributed by atoms with van der Waals surface area (Å²) in [6.45, 7) is 0. The molecule has 0 heterocycles. The van der Waals surface area contributed by atoms with Gasteiger partial charge < -0.3 is 9.90 Å². The first kappa shape index (κ1) is 23.4. The fraction of sp³-hybridized carbons (Fsp3) is 0.296. The van der Waals surface area contributed by atoms with Crippen molar-refractivity contribution in [3.63, 3.8) is 0 Å². The van der Waals surface area contributed by atoms with Gasteiger partial charge in [-0.3, -0.25) is 0 Å². The highest BCUT2D eigenvalue weighted by molar-refractivity contribution is 7.97. The van der Waals surface area contributed by atoms with Gasteiger partial charge in [0.1, 0.15) is 5.41 Å². The van der Waals surface area contributed by atoms with E-state index in [0.29, 0.717) is 12.8 Å². The van der Waals surface area contributed by atoms with E-state index < -0.39 is 23.5 Å². The van der Waals surface area contributed by atoms with Crippen LogP contribution in [0.4, 0.5) is 13.2 Å². The molecule has 2 bridgehead atoms. The Balaban J connectivity index is 0.000000165. The van der Waals surface area contributed by atoms with E-state index in [1.165, 1.54) is 14.7 Å². The number of benzene rings is 3. The van der Waals surface area contributed by atoms with Crippen LogP contribution in [-0.4, -0.2) is 12.1 Å². The van der Waals surface area contributed by atoms with Crippen molar-refractivity contribution < 1.29 is 23.1 Å². The van der Waals surface area contributed by atoms with Gasteiger partial charge in [0.15, 0.2) is 14.7 Å². The Morgan fingerprint density at radius 3 is 1.45 bits per heavy atom. The van der Waals surface area contributed by atoms with E-state index in [4.69, 9.17) is 0 Å². The zero-order chi connectivity index (χ0) is 23.5. The van der Waals surface area contributed by atoms with Gasteiger partial charge in [0.25, 0.3) is 0 Å². The summed E-state index contributed by atoms with van der Waals surface area (Å²) in [5, 5.41) is 10.7. The van der Waals surface area contributed by atoms with E-state index in [1.807, 2.05) is 0 Å². The summed E-state index contributed by atoms with van der Waals surface area (Å²) in [5.74, 6) is -2.76. The van der Waals surface area contributed by atoms with Gasteiger partial charge in [-0.25, -0.2) is 0 Å². The lowest BCUT2D eigenvalue weighted by molar-refractivity contribution is -0.349. The van der Waals surface area contributed by atoms with Crippen LogP contribution in [0.5, 0.6) is 0 Å². The highest BCUT2D eigenvalue weighted by Gasteiger charge is 2.66. The summed E-state index contributed by atoms with van der Waals surface area (Å²) in [7, 11) is -0.0146. The van der Waals surface area contributed by atoms with Crippen molar-refractivity contribution in [2.45, 2.75) is 46.5 Å². The van der Waals surface area contributed by atoms with Crippen LogP contribution in [0.3, 0.4) is 0 Å². The van der Waals surface area contributed by atoms with Crippen molar-refractivity contribution in [3.05, 3.63) is 91.0 Å². The molecule has 2 fully saturated rings. The second kappa shape index (κ2) is 9.64. The fourth-order valence-corrected chi connectivity index (χ4v) is 7.23. The maximum atomic E-state index is 12.7. The molecule has 2 nitrogen and oxygen atoms in total. The highest BCUT2D eigenvalue weighted by Crippen LogP contribution is 2.62. The number of fused-ring (bicyclic) bond motifs is 2. The minimum Gasteiger partial charge on any atom is -0.549 e. The molecule has 3 unspecified atom stereocenters. The number of carbonyl (C=O) groups is 1. The maximum Gasteiger partial charge on any atom is 0.399 e. The van der Waals surface area contributed by atoms with Crippen molar-refractivity contribution in [1.82, 2.24) is 0 Å². The van der Waals surface area contributed by atoms with E-state index >= 15 is 0 Å². The van der Waals surface area contributed by atoms with Crippen molar-refractivity contribution in [1.29, 1.82) is 0 Å². The van der Waals surface area contributed by atoms with Crippen molar-refractivity contribution in [3.8, 4) is 0 Å². The van der Waals surface area contributed by atoms with Crippen LogP contribution in [0, 0.1) is 17.3 Å². The zero-order valence-corrected chi connectivity index (χ0v) is 18.8. The normalized spacial score (nSPS) is 23.8. The largest absolute Gasteiger partial charge is 0.549 e. The number of carbonyl (C=O) groups excluding carboxylic acids is 1. The topological polar surface area (TPSA) is 40.1 Å². The standard InChI is InChI=1S/C18H15S.C9H11F3O2/c1-4-10-16(11-5-1)19(17-12-6-2-7-13-17)18-14-8-3-9-15-18;10-9(11,12)8(7(13)14)4-5-1-2-6(8)3-5/h1-15H;5-6H,1-4H2,(H,13,14)/q+1;/p-1. The van der Waals surface area contributed by atoms with Crippen LogP contribution in [0.25, 0.3) is 0 Å². The number of hydrogen-bond acceptors (Lipinski definition) is 2. The Labute approximate surface area is 194 Å². The lowest BCUT2D eigenvalue weighted by atomic mass is 9.72. The average molecular weight is 471 g/mol. The molecule has 0 aromatic heterocycles. The minimum atomic E-state index is -4.66. The first-order valence-corrected chi connectivity index (χ1v) is 12.2. The van der Waals surface area contributed by atoms with Gasteiger partial charge in [0.2, 0.25) is 0 Å². The molecule has 0 radical (unpaired) electrons. The van der Waals surface area contributed by atoms with E-state index in [1.54, 1.807) is 0 Å². The third-order valence-electron chi connectivity index (χ3n) is 6.66. The van der Waals surface area contributed by atoms with Crippen LogP contribution in [0.15, 0.2) is 106 Å². The predicted octanol–water partition coefficient (Wildman–Crippen LogP) is 5.89. The Morgan fingerprint density at radius 1 is 0.788 bits per heavy atom. The number of carboxylic acids is 1. The fourth-order valence-electron chi connectivity index (χ4n) is 5.12. The van der Waals surface area contributed by atoms with E-state index in [9.17, 15) is 23.1 Å². The first-order chi connectivity index (χ1) is 15.8. The molecule has 2 saturated carbocycles. The summed E-state index contributed by atoms with van der Waals surface area (Å²) in [6, 6.07) is 32.2. The number of alkyl halides is 3. The average Bonchev–Trinajstić information content (AvgIpc) is 3.44. The molecule has 2 aliphatic rings. The van der Waals surface area contributed by atoms with E-state index in [0.717, 1.165) is 6.42 Å². The molecular formula is C27H25F3O2S. The summed E-state index contributed by atoms with van der Waals surface area (Å²) < 4.78 is 38.1. The van der Waals surface area contributed by atoms with Gasteiger partial charge in [-0.2, -0.15) is 13.2 Å². The monoisotopic (exact) mass is 470 g/mol. The molecule has 5 rings (SSSR count).